The van der Waals surface area contributed by atoms with Crippen LogP contribution in [0.2, 0.25) is 0 Å². The third-order valence-electron chi connectivity index (χ3n) is 3.65. The zero-order chi connectivity index (χ0) is 17.0. The van der Waals surface area contributed by atoms with E-state index in [2.05, 4.69) is 37.7 Å². The van der Waals surface area contributed by atoms with Crippen molar-refractivity contribution in [2.45, 2.75) is 27.2 Å². The largest absolute Gasteiger partial charge is 0.493 e. The standard InChI is InChI=1S/C18H24N2O3/c1-12-8-14(11-18(2,3)10-12)19-20-17(21)13-6-7-15(22-4)16(9-13)23-5/h6-9,11,19H,10H2,1-5H3,(H,20,21). The number of hydrogen-bond donors (Lipinski definition) is 2. The molecule has 0 bridgehead atoms. The molecule has 0 unspecified atom stereocenters. The zero-order valence-corrected chi connectivity index (χ0v) is 14.3. The molecule has 0 aromatic heterocycles. The van der Waals surface area contributed by atoms with Crippen LogP contribution in [0.3, 0.4) is 0 Å². The summed E-state index contributed by atoms with van der Waals surface area (Å²) in [6.07, 6.45) is 5.18. The summed E-state index contributed by atoms with van der Waals surface area (Å²) in [7, 11) is 3.10. The molecule has 1 aliphatic carbocycles. The lowest BCUT2D eigenvalue weighted by molar-refractivity contribution is 0.0938. The van der Waals surface area contributed by atoms with Crippen molar-refractivity contribution < 1.29 is 14.3 Å². The predicted octanol–water partition coefficient (Wildman–Crippen LogP) is 3.20. The van der Waals surface area contributed by atoms with Gasteiger partial charge >= 0.3 is 0 Å². The van der Waals surface area contributed by atoms with Crippen LogP contribution in [0.1, 0.15) is 37.6 Å². The number of hydrogen-bond acceptors (Lipinski definition) is 4. The molecule has 0 radical (unpaired) electrons. The lowest BCUT2D eigenvalue weighted by Gasteiger charge is -2.27. The van der Waals surface area contributed by atoms with E-state index in [1.165, 1.54) is 5.57 Å². The van der Waals surface area contributed by atoms with Gasteiger partial charge < -0.3 is 9.47 Å². The third-order valence-corrected chi connectivity index (χ3v) is 3.65. The van der Waals surface area contributed by atoms with Crippen molar-refractivity contribution in [3.8, 4) is 11.5 Å². The van der Waals surface area contributed by atoms with Gasteiger partial charge in [-0.2, -0.15) is 0 Å². The second-order valence-corrected chi connectivity index (χ2v) is 6.40. The number of methoxy groups -OCH3 is 2. The first-order chi connectivity index (χ1) is 10.8. The van der Waals surface area contributed by atoms with Crippen molar-refractivity contribution in [1.29, 1.82) is 0 Å². The molecule has 1 aromatic carbocycles. The fraction of sp³-hybridized carbons (Fsp3) is 0.389. The van der Waals surface area contributed by atoms with E-state index in [1.807, 2.05) is 6.08 Å². The van der Waals surface area contributed by atoms with Gasteiger partial charge in [-0.25, -0.2) is 0 Å². The number of benzene rings is 1. The Labute approximate surface area is 137 Å². The molecule has 0 aliphatic heterocycles. The maximum Gasteiger partial charge on any atom is 0.269 e. The Morgan fingerprint density at radius 3 is 2.48 bits per heavy atom. The Kier molecular flexibility index (Phi) is 4.98. The van der Waals surface area contributed by atoms with E-state index < -0.39 is 0 Å². The van der Waals surface area contributed by atoms with Gasteiger partial charge in [0.2, 0.25) is 0 Å². The molecule has 1 amide bonds. The Morgan fingerprint density at radius 1 is 1.17 bits per heavy atom. The molecule has 1 aromatic rings. The van der Waals surface area contributed by atoms with E-state index in [0.717, 1.165) is 12.1 Å². The number of carbonyl (C=O) groups is 1. The number of amides is 1. The number of carbonyl (C=O) groups excluding carboxylic acids is 1. The minimum atomic E-state index is -0.235. The van der Waals surface area contributed by atoms with Crippen molar-refractivity contribution in [3.63, 3.8) is 0 Å². The normalized spacial score (nSPS) is 16.0. The smallest absolute Gasteiger partial charge is 0.269 e. The summed E-state index contributed by atoms with van der Waals surface area (Å²) in [5.41, 5.74) is 8.45. The first-order valence-electron chi connectivity index (χ1n) is 7.53. The van der Waals surface area contributed by atoms with Gasteiger partial charge in [0, 0.05) is 5.56 Å². The number of hydrazine groups is 1. The van der Waals surface area contributed by atoms with Crippen LogP contribution in [0.5, 0.6) is 11.5 Å². The lowest BCUT2D eigenvalue weighted by atomic mass is 9.81. The van der Waals surface area contributed by atoms with Crippen LogP contribution in [-0.2, 0) is 0 Å². The highest BCUT2D eigenvalue weighted by atomic mass is 16.5. The summed E-state index contributed by atoms with van der Waals surface area (Å²) in [6, 6.07) is 5.05. The van der Waals surface area contributed by atoms with Crippen LogP contribution in [-0.4, -0.2) is 20.1 Å². The number of allylic oxidation sites excluding steroid dienone is 3. The molecule has 124 valence electrons. The number of nitrogens with one attached hydrogen (secondary N) is 2. The van der Waals surface area contributed by atoms with Gasteiger partial charge in [0.05, 0.1) is 19.9 Å². The topological polar surface area (TPSA) is 59.6 Å². The molecule has 5 nitrogen and oxygen atoms in total. The Morgan fingerprint density at radius 2 is 1.87 bits per heavy atom. The summed E-state index contributed by atoms with van der Waals surface area (Å²) in [4.78, 5) is 12.3. The molecule has 23 heavy (non-hydrogen) atoms. The summed E-state index contributed by atoms with van der Waals surface area (Å²) in [5.74, 6) is 0.877. The Hall–Kier alpha value is -2.43. The average molecular weight is 316 g/mol. The van der Waals surface area contributed by atoms with Crippen molar-refractivity contribution in [3.05, 3.63) is 47.2 Å². The monoisotopic (exact) mass is 316 g/mol. The second kappa shape index (κ2) is 6.77. The fourth-order valence-corrected chi connectivity index (χ4v) is 2.80. The van der Waals surface area contributed by atoms with Crippen LogP contribution in [0.4, 0.5) is 0 Å². The zero-order valence-electron chi connectivity index (χ0n) is 14.3. The Balaban J connectivity index is 2.07. The van der Waals surface area contributed by atoms with Crippen molar-refractivity contribution in [2.24, 2.45) is 5.41 Å². The molecule has 2 rings (SSSR count). The molecule has 5 heteroatoms. The van der Waals surface area contributed by atoms with E-state index in [-0.39, 0.29) is 11.3 Å². The molecule has 0 saturated heterocycles. The number of ether oxygens (including phenoxy) is 2. The molecular weight excluding hydrogens is 292 g/mol. The van der Waals surface area contributed by atoms with Crippen LogP contribution < -0.4 is 20.3 Å². The molecule has 0 atom stereocenters. The third kappa shape index (κ3) is 4.28. The average Bonchev–Trinajstić information content (AvgIpc) is 2.50. The van der Waals surface area contributed by atoms with Crippen LogP contribution in [0.15, 0.2) is 41.6 Å². The Bertz CT molecular complexity index is 660. The van der Waals surface area contributed by atoms with E-state index in [9.17, 15) is 4.79 Å². The van der Waals surface area contributed by atoms with Gasteiger partial charge in [0.25, 0.3) is 5.91 Å². The quantitative estimate of drug-likeness (QED) is 0.819. The van der Waals surface area contributed by atoms with Gasteiger partial charge in [-0.15, -0.1) is 0 Å². The molecule has 0 fully saturated rings. The van der Waals surface area contributed by atoms with Gasteiger partial charge in [-0.3, -0.25) is 15.6 Å². The first-order valence-corrected chi connectivity index (χ1v) is 7.53. The van der Waals surface area contributed by atoms with Gasteiger partial charge in [0.1, 0.15) is 0 Å². The lowest BCUT2D eigenvalue weighted by Crippen LogP contribution is -2.37. The highest BCUT2D eigenvalue weighted by molar-refractivity contribution is 5.94. The molecule has 2 N–H and O–H groups in total. The van der Waals surface area contributed by atoms with E-state index >= 15 is 0 Å². The van der Waals surface area contributed by atoms with Gasteiger partial charge in [-0.05, 0) is 43.0 Å². The predicted molar refractivity (Wildman–Crippen MR) is 90.4 cm³/mol. The van der Waals surface area contributed by atoms with Gasteiger partial charge in [0.15, 0.2) is 11.5 Å². The second-order valence-electron chi connectivity index (χ2n) is 6.40. The number of rotatable bonds is 5. The van der Waals surface area contributed by atoms with Gasteiger partial charge in [-0.1, -0.05) is 25.5 Å². The molecular formula is C18H24N2O3. The van der Waals surface area contributed by atoms with Crippen LogP contribution >= 0.6 is 0 Å². The minimum absolute atomic E-state index is 0.0786. The summed E-state index contributed by atoms with van der Waals surface area (Å²) < 4.78 is 10.4. The molecule has 0 spiro atoms. The maximum absolute atomic E-state index is 12.3. The highest BCUT2D eigenvalue weighted by Crippen LogP contribution is 2.32. The van der Waals surface area contributed by atoms with Crippen molar-refractivity contribution in [1.82, 2.24) is 10.9 Å². The van der Waals surface area contributed by atoms with Crippen LogP contribution in [0.25, 0.3) is 0 Å². The van der Waals surface area contributed by atoms with Crippen molar-refractivity contribution in [2.75, 3.05) is 14.2 Å². The molecule has 1 aliphatic rings. The van der Waals surface area contributed by atoms with Crippen molar-refractivity contribution >= 4 is 5.91 Å². The summed E-state index contributed by atoms with van der Waals surface area (Å²) >= 11 is 0. The fourth-order valence-electron chi connectivity index (χ4n) is 2.80. The van der Waals surface area contributed by atoms with E-state index in [1.54, 1.807) is 32.4 Å². The SMILES string of the molecule is COc1ccc(C(=O)NNC2=CC(C)(C)CC(C)=C2)cc1OC. The molecule has 0 saturated carbocycles. The summed E-state index contributed by atoms with van der Waals surface area (Å²) in [5, 5.41) is 0. The first kappa shape index (κ1) is 16.9. The maximum atomic E-state index is 12.3. The van der Waals surface area contributed by atoms with E-state index in [0.29, 0.717) is 17.1 Å². The highest BCUT2D eigenvalue weighted by Gasteiger charge is 2.20. The molecule has 0 heterocycles. The van der Waals surface area contributed by atoms with Crippen LogP contribution in [0, 0.1) is 5.41 Å². The summed E-state index contributed by atoms with van der Waals surface area (Å²) in [6.45, 7) is 6.43. The minimum Gasteiger partial charge on any atom is -0.493 e. The van der Waals surface area contributed by atoms with E-state index in [4.69, 9.17) is 9.47 Å².